The Kier molecular flexibility index (Phi) is 5.23. The van der Waals surface area contributed by atoms with Crippen molar-refractivity contribution in [3.05, 3.63) is 75.6 Å². The Hall–Kier alpha value is -3.26. The quantitative estimate of drug-likeness (QED) is 0.530. The second-order valence-corrected chi connectivity index (χ2v) is 5.76. The summed E-state index contributed by atoms with van der Waals surface area (Å²) in [5.41, 5.74) is 1.37. The minimum atomic E-state index is -0.573. The molecule has 0 spiro atoms. The average molecular weight is 372 g/mol. The summed E-state index contributed by atoms with van der Waals surface area (Å²) in [5.74, 6) is -0.476. The van der Waals surface area contributed by atoms with Crippen molar-refractivity contribution in [3.63, 3.8) is 0 Å². The van der Waals surface area contributed by atoms with Gasteiger partial charge in [-0.1, -0.05) is 17.7 Å². The lowest BCUT2D eigenvalue weighted by atomic mass is 10.2. The highest BCUT2D eigenvalue weighted by atomic mass is 35.5. The Labute approximate surface area is 153 Å². The van der Waals surface area contributed by atoms with Crippen molar-refractivity contribution >= 4 is 23.2 Å². The van der Waals surface area contributed by atoms with Gasteiger partial charge in [-0.3, -0.25) is 24.6 Å². The Morgan fingerprint density at radius 2 is 2.08 bits per heavy atom. The van der Waals surface area contributed by atoms with Crippen molar-refractivity contribution in [3.8, 4) is 11.4 Å². The maximum atomic E-state index is 12.2. The minimum absolute atomic E-state index is 0.0653. The van der Waals surface area contributed by atoms with E-state index in [-0.39, 0.29) is 16.3 Å². The van der Waals surface area contributed by atoms with Crippen molar-refractivity contribution in [2.75, 3.05) is 6.54 Å². The van der Waals surface area contributed by atoms with Crippen molar-refractivity contribution in [1.82, 2.24) is 20.1 Å². The van der Waals surface area contributed by atoms with Gasteiger partial charge in [0, 0.05) is 31.1 Å². The molecule has 8 nitrogen and oxygen atoms in total. The van der Waals surface area contributed by atoms with E-state index in [2.05, 4.69) is 15.4 Å². The zero-order valence-electron chi connectivity index (χ0n) is 13.5. The van der Waals surface area contributed by atoms with Crippen LogP contribution in [0.25, 0.3) is 11.4 Å². The van der Waals surface area contributed by atoms with Crippen LogP contribution in [-0.4, -0.2) is 32.1 Å². The normalized spacial score (nSPS) is 10.5. The number of carbonyl (C=O) groups excluding carboxylic acids is 1. The van der Waals surface area contributed by atoms with Gasteiger partial charge in [0.1, 0.15) is 5.69 Å². The largest absolute Gasteiger partial charge is 0.350 e. The molecule has 0 aliphatic heterocycles. The first-order valence-electron chi connectivity index (χ1n) is 7.71. The molecule has 1 N–H and O–H groups in total. The first kappa shape index (κ1) is 17.6. The highest BCUT2D eigenvalue weighted by molar-refractivity contribution is 6.33. The van der Waals surface area contributed by atoms with Crippen molar-refractivity contribution in [2.45, 2.75) is 6.54 Å². The standard InChI is InChI=1S/C17H14ClN5O3/c18-14-5-4-12(23(25)26)11-13(14)17(24)20-8-10-22-9-6-16(21-22)15-3-1-2-7-19-15/h1-7,9,11H,8,10H2,(H,20,24). The fraction of sp³-hybridized carbons (Fsp3) is 0.118. The molecule has 132 valence electrons. The number of nitro benzene ring substituents is 1. The van der Waals surface area contributed by atoms with Gasteiger partial charge >= 0.3 is 0 Å². The second kappa shape index (κ2) is 7.75. The predicted octanol–water partition coefficient (Wildman–Crippen LogP) is 2.94. The number of nitrogens with zero attached hydrogens (tertiary/aromatic N) is 4. The molecule has 0 fully saturated rings. The maximum Gasteiger partial charge on any atom is 0.270 e. The fourth-order valence-electron chi connectivity index (χ4n) is 2.32. The van der Waals surface area contributed by atoms with Crippen molar-refractivity contribution in [2.24, 2.45) is 0 Å². The first-order chi connectivity index (χ1) is 12.5. The molecule has 3 aromatic rings. The third kappa shape index (κ3) is 4.04. The van der Waals surface area contributed by atoms with E-state index < -0.39 is 10.8 Å². The Balaban J connectivity index is 1.60. The molecule has 1 aromatic carbocycles. The van der Waals surface area contributed by atoms with Gasteiger partial charge in [-0.15, -0.1) is 0 Å². The van der Waals surface area contributed by atoms with Crippen LogP contribution >= 0.6 is 11.6 Å². The molecular weight excluding hydrogens is 358 g/mol. The molecule has 0 aliphatic rings. The minimum Gasteiger partial charge on any atom is -0.350 e. The van der Waals surface area contributed by atoms with Crippen LogP contribution in [0.3, 0.4) is 0 Å². The number of hydrogen-bond donors (Lipinski definition) is 1. The molecule has 1 amide bonds. The van der Waals surface area contributed by atoms with Crippen LogP contribution in [-0.2, 0) is 6.54 Å². The van der Waals surface area contributed by atoms with E-state index >= 15 is 0 Å². The summed E-state index contributed by atoms with van der Waals surface area (Å²) in [7, 11) is 0. The highest BCUT2D eigenvalue weighted by Crippen LogP contribution is 2.21. The van der Waals surface area contributed by atoms with Crippen LogP contribution < -0.4 is 5.32 Å². The summed E-state index contributed by atoms with van der Waals surface area (Å²) < 4.78 is 1.68. The predicted molar refractivity (Wildman–Crippen MR) is 95.9 cm³/mol. The van der Waals surface area contributed by atoms with Crippen LogP contribution in [0.4, 0.5) is 5.69 Å². The highest BCUT2D eigenvalue weighted by Gasteiger charge is 2.15. The molecule has 0 saturated heterocycles. The van der Waals surface area contributed by atoms with Crippen LogP contribution in [0.2, 0.25) is 5.02 Å². The molecule has 0 unspecified atom stereocenters. The van der Waals surface area contributed by atoms with Gasteiger partial charge in [0.25, 0.3) is 11.6 Å². The Morgan fingerprint density at radius 3 is 2.81 bits per heavy atom. The number of carbonyl (C=O) groups is 1. The number of rotatable bonds is 6. The number of non-ortho nitro benzene ring substituents is 1. The summed E-state index contributed by atoms with van der Waals surface area (Å²) in [5, 5.41) is 18.0. The SMILES string of the molecule is O=C(NCCn1ccc(-c2ccccn2)n1)c1cc([N+](=O)[O-])ccc1Cl. The van der Waals surface area contributed by atoms with E-state index in [1.807, 2.05) is 24.3 Å². The topological polar surface area (TPSA) is 103 Å². The summed E-state index contributed by atoms with van der Waals surface area (Å²) >= 11 is 5.95. The van der Waals surface area contributed by atoms with Crippen molar-refractivity contribution < 1.29 is 9.72 Å². The van der Waals surface area contributed by atoms with Gasteiger partial charge in [0.2, 0.25) is 0 Å². The van der Waals surface area contributed by atoms with Gasteiger partial charge in [-0.05, 0) is 24.3 Å². The number of halogens is 1. The molecule has 0 aliphatic carbocycles. The summed E-state index contributed by atoms with van der Waals surface area (Å²) in [6.07, 6.45) is 3.48. The van der Waals surface area contributed by atoms with Crippen LogP contribution in [0.15, 0.2) is 54.9 Å². The van der Waals surface area contributed by atoms with Gasteiger partial charge in [0.05, 0.1) is 27.7 Å². The Bertz CT molecular complexity index is 943. The molecular formula is C17H14ClN5O3. The van der Waals surface area contributed by atoms with Gasteiger partial charge in [0.15, 0.2) is 0 Å². The maximum absolute atomic E-state index is 12.2. The molecule has 2 aromatic heterocycles. The number of hydrogen-bond acceptors (Lipinski definition) is 5. The van der Waals surface area contributed by atoms with Gasteiger partial charge < -0.3 is 5.32 Å². The number of amides is 1. The van der Waals surface area contributed by atoms with Crippen LogP contribution in [0.1, 0.15) is 10.4 Å². The van der Waals surface area contributed by atoms with E-state index in [1.165, 1.54) is 12.1 Å². The van der Waals surface area contributed by atoms with Crippen LogP contribution in [0, 0.1) is 10.1 Å². The van der Waals surface area contributed by atoms with Gasteiger partial charge in [-0.2, -0.15) is 5.10 Å². The molecule has 0 radical (unpaired) electrons. The number of pyridine rings is 1. The number of nitrogens with one attached hydrogen (secondary N) is 1. The lowest BCUT2D eigenvalue weighted by Gasteiger charge is -2.07. The second-order valence-electron chi connectivity index (χ2n) is 5.36. The number of nitro groups is 1. The summed E-state index contributed by atoms with van der Waals surface area (Å²) in [6.45, 7) is 0.728. The molecule has 0 atom stereocenters. The zero-order valence-corrected chi connectivity index (χ0v) is 14.3. The third-order valence-corrected chi connectivity index (χ3v) is 3.93. The summed E-state index contributed by atoms with van der Waals surface area (Å²) in [4.78, 5) is 26.7. The molecule has 2 heterocycles. The van der Waals surface area contributed by atoms with Gasteiger partial charge in [-0.25, -0.2) is 0 Å². The number of aromatic nitrogens is 3. The lowest BCUT2D eigenvalue weighted by molar-refractivity contribution is -0.384. The fourth-order valence-corrected chi connectivity index (χ4v) is 2.52. The average Bonchev–Trinajstić information content (AvgIpc) is 3.11. The van der Waals surface area contributed by atoms with Crippen molar-refractivity contribution in [1.29, 1.82) is 0 Å². The molecule has 9 heteroatoms. The monoisotopic (exact) mass is 371 g/mol. The van der Waals surface area contributed by atoms with E-state index in [0.717, 1.165) is 17.5 Å². The van der Waals surface area contributed by atoms with E-state index in [9.17, 15) is 14.9 Å². The zero-order chi connectivity index (χ0) is 18.5. The Morgan fingerprint density at radius 1 is 1.23 bits per heavy atom. The smallest absolute Gasteiger partial charge is 0.270 e. The van der Waals surface area contributed by atoms with E-state index in [1.54, 1.807) is 17.1 Å². The van der Waals surface area contributed by atoms with E-state index in [0.29, 0.717) is 13.1 Å². The van der Waals surface area contributed by atoms with E-state index in [4.69, 9.17) is 11.6 Å². The summed E-state index contributed by atoms with van der Waals surface area (Å²) in [6, 6.07) is 11.1. The number of benzene rings is 1. The molecule has 26 heavy (non-hydrogen) atoms. The van der Waals surface area contributed by atoms with Crippen LogP contribution in [0.5, 0.6) is 0 Å². The lowest BCUT2D eigenvalue weighted by Crippen LogP contribution is -2.27. The molecule has 3 rings (SSSR count). The molecule has 0 bridgehead atoms. The molecule has 0 saturated carbocycles. The third-order valence-electron chi connectivity index (χ3n) is 3.60. The first-order valence-corrected chi connectivity index (χ1v) is 8.09.